The minimum atomic E-state index is -0.703. The molecule has 1 atom stereocenters. The summed E-state index contributed by atoms with van der Waals surface area (Å²) in [7, 11) is 1.59. The summed E-state index contributed by atoms with van der Waals surface area (Å²) < 4.78 is 23.4. The zero-order chi connectivity index (χ0) is 22.5. The minimum absolute atomic E-state index is 0.167. The third-order valence-electron chi connectivity index (χ3n) is 5.18. The second kappa shape index (κ2) is 9.43. The van der Waals surface area contributed by atoms with Crippen LogP contribution in [0.15, 0.2) is 84.0 Å². The molecule has 3 aromatic carbocycles. The maximum atomic E-state index is 13.1. The van der Waals surface area contributed by atoms with Crippen molar-refractivity contribution in [3.63, 3.8) is 0 Å². The number of carbonyl (C=O) groups excluding carboxylic acids is 2. The van der Waals surface area contributed by atoms with Crippen molar-refractivity contribution in [2.24, 2.45) is 5.10 Å². The van der Waals surface area contributed by atoms with Crippen molar-refractivity contribution in [2.45, 2.75) is 12.5 Å². The van der Waals surface area contributed by atoms with E-state index < -0.39 is 24.3 Å². The van der Waals surface area contributed by atoms with Crippen LogP contribution in [0.1, 0.15) is 33.9 Å². The van der Waals surface area contributed by atoms with Gasteiger partial charge in [0.15, 0.2) is 6.61 Å². The van der Waals surface area contributed by atoms with E-state index in [-0.39, 0.29) is 11.6 Å². The van der Waals surface area contributed by atoms with E-state index in [1.54, 1.807) is 7.11 Å². The van der Waals surface area contributed by atoms with Crippen LogP contribution in [0.4, 0.5) is 4.39 Å². The number of esters is 1. The van der Waals surface area contributed by atoms with Gasteiger partial charge in [-0.25, -0.2) is 14.2 Å². The predicted molar refractivity (Wildman–Crippen MR) is 117 cm³/mol. The fourth-order valence-electron chi connectivity index (χ4n) is 3.49. The van der Waals surface area contributed by atoms with Crippen LogP contribution in [-0.2, 0) is 9.53 Å². The summed E-state index contributed by atoms with van der Waals surface area (Å²) in [5.41, 5.74) is 2.74. The molecule has 7 heteroatoms. The average molecular weight is 432 g/mol. The van der Waals surface area contributed by atoms with Crippen molar-refractivity contribution in [1.82, 2.24) is 5.01 Å². The summed E-state index contributed by atoms with van der Waals surface area (Å²) in [6.45, 7) is -0.478. The van der Waals surface area contributed by atoms with Crippen LogP contribution < -0.4 is 4.74 Å². The van der Waals surface area contributed by atoms with Crippen LogP contribution in [0.3, 0.4) is 0 Å². The molecule has 162 valence electrons. The normalized spacial score (nSPS) is 15.2. The molecule has 1 heterocycles. The molecule has 0 radical (unpaired) electrons. The molecule has 3 aromatic rings. The van der Waals surface area contributed by atoms with E-state index in [0.717, 1.165) is 29.0 Å². The van der Waals surface area contributed by atoms with E-state index in [2.05, 4.69) is 5.10 Å². The van der Waals surface area contributed by atoms with Crippen LogP contribution in [0.25, 0.3) is 0 Å². The number of amides is 1. The standard InChI is InChI=1S/C25H21FN2O4/c1-31-21-13-9-18(10-14-21)23-15-22(17-5-3-2-4-6-17)27-28(23)24(29)16-32-25(30)19-7-11-20(26)12-8-19/h2-14,23H,15-16H2,1H3/t23-/m0/s1. The summed E-state index contributed by atoms with van der Waals surface area (Å²) in [6.07, 6.45) is 0.522. The second-order valence-corrected chi connectivity index (χ2v) is 7.23. The quantitative estimate of drug-likeness (QED) is 0.543. The number of hydrogen-bond acceptors (Lipinski definition) is 5. The van der Waals surface area contributed by atoms with Crippen molar-refractivity contribution in [1.29, 1.82) is 0 Å². The van der Waals surface area contributed by atoms with Gasteiger partial charge in [-0.15, -0.1) is 0 Å². The van der Waals surface area contributed by atoms with Gasteiger partial charge in [0.25, 0.3) is 5.91 Å². The lowest BCUT2D eigenvalue weighted by atomic mass is 9.98. The van der Waals surface area contributed by atoms with Crippen LogP contribution >= 0.6 is 0 Å². The monoisotopic (exact) mass is 432 g/mol. The number of hydrogen-bond donors (Lipinski definition) is 0. The third kappa shape index (κ3) is 4.67. The number of carbonyl (C=O) groups is 2. The Bertz CT molecular complexity index is 1130. The number of hydrazone groups is 1. The number of rotatable bonds is 6. The van der Waals surface area contributed by atoms with E-state index in [1.165, 1.54) is 17.1 Å². The molecular weight excluding hydrogens is 411 g/mol. The molecule has 0 bridgehead atoms. The Kier molecular flexibility index (Phi) is 6.26. The molecule has 4 rings (SSSR count). The molecule has 32 heavy (non-hydrogen) atoms. The molecule has 0 saturated heterocycles. The highest BCUT2D eigenvalue weighted by Gasteiger charge is 2.33. The maximum Gasteiger partial charge on any atom is 0.338 e. The largest absolute Gasteiger partial charge is 0.497 e. The summed E-state index contributed by atoms with van der Waals surface area (Å²) in [5.74, 6) is -0.903. The zero-order valence-electron chi connectivity index (χ0n) is 17.4. The van der Waals surface area contributed by atoms with Crippen LogP contribution in [-0.4, -0.2) is 36.3 Å². The number of benzene rings is 3. The van der Waals surface area contributed by atoms with Gasteiger partial charge >= 0.3 is 5.97 Å². The van der Waals surface area contributed by atoms with Gasteiger partial charge in [-0.2, -0.15) is 5.10 Å². The molecule has 6 nitrogen and oxygen atoms in total. The number of nitrogens with zero attached hydrogens (tertiary/aromatic N) is 2. The summed E-state index contributed by atoms with van der Waals surface area (Å²) in [5, 5.41) is 5.91. The summed E-state index contributed by atoms with van der Waals surface area (Å²) in [6, 6.07) is 21.6. The summed E-state index contributed by atoms with van der Waals surface area (Å²) >= 11 is 0. The second-order valence-electron chi connectivity index (χ2n) is 7.23. The van der Waals surface area contributed by atoms with Gasteiger partial charge in [-0.1, -0.05) is 42.5 Å². The third-order valence-corrected chi connectivity index (χ3v) is 5.18. The van der Waals surface area contributed by atoms with E-state index in [9.17, 15) is 14.0 Å². The molecular formula is C25H21FN2O4. The van der Waals surface area contributed by atoms with Gasteiger partial charge in [-0.3, -0.25) is 4.79 Å². The lowest BCUT2D eigenvalue weighted by molar-refractivity contribution is -0.136. The van der Waals surface area contributed by atoms with Crippen molar-refractivity contribution < 1.29 is 23.5 Å². The Morgan fingerprint density at radius 2 is 1.69 bits per heavy atom. The molecule has 0 spiro atoms. The average Bonchev–Trinajstić information content (AvgIpc) is 3.29. The highest BCUT2D eigenvalue weighted by molar-refractivity contribution is 6.03. The molecule has 1 amide bonds. The maximum absolute atomic E-state index is 13.1. The Morgan fingerprint density at radius 1 is 1.00 bits per heavy atom. The molecule has 0 saturated carbocycles. The van der Waals surface area contributed by atoms with E-state index in [1.807, 2.05) is 54.6 Å². The highest BCUT2D eigenvalue weighted by Crippen LogP contribution is 2.33. The first-order valence-corrected chi connectivity index (χ1v) is 10.1. The Labute approximate surface area is 184 Å². The first kappa shape index (κ1) is 21.2. The van der Waals surface area contributed by atoms with Gasteiger partial charge in [0.1, 0.15) is 11.6 Å². The lowest BCUT2D eigenvalue weighted by Crippen LogP contribution is -2.31. The van der Waals surface area contributed by atoms with Crippen LogP contribution in [0.2, 0.25) is 0 Å². The van der Waals surface area contributed by atoms with Crippen LogP contribution in [0, 0.1) is 5.82 Å². The predicted octanol–water partition coefficient (Wildman–Crippen LogP) is 4.37. The van der Waals surface area contributed by atoms with Crippen molar-refractivity contribution in [3.8, 4) is 5.75 Å². The van der Waals surface area contributed by atoms with Gasteiger partial charge < -0.3 is 9.47 Å². The Balaban J connectivity index is 1.53. The fourth-order valence-corrected chi connectivity index (χ4v) is 3.49. The van der Waals surface area contributed by atoms with Crippen LogP contribution in [0.5, 0.6) is 5.75 Å². The highest BCUT2D eigenvalue weighted by atomic mass is 19.1. The molecule has 1 aliphatic heterocycles. The van der Waals surface area contributed by atoms with Gasteiger partial charge in [0, 0.05) is 6.42 Å². The Hall–Kier alpha value is -4.00. The smallest absolute Gasteiger partial charge is 0.338 e. The topological polar surface area (TPSA) is 68.2 Å². The first-order chi connectivity index (χ1) is 15.5. The van der Waals surface area contributed by atoms with Crippen molar-refractivity contribution >= 4 is 17.6 Å². The summed E-state index contributed by atoms with van der Waals surface area (Å²) in [4.78, 5) is 25.2. The Morgan fingerprint density at radius 3 is 2.34 bits per heavy atom. The number of ether oxygens (including phenoxy) is 2. The number of methoxy groups -OCH3 is 1. The van der Waals surface area contributed by atoms with Gasteiger partial charge in [0.2, 0.25) is 0 Å². The SMILES string of the molecule is COc1ccc([C@@H]2CC(c3ccccc3)=NN2C(=O)COC(=O)c2ccc(F)cc2)cc1. The molecule has 0 unspecified atom stereocenters. The zero-order valence-corrected chi connectivity index (χ0v) is 17.4. The molecule has 0 aliphatic carbocycles. The molecule has 0 fully saturated rings. The lowest BCUT2D eigenvalue weighted by Gasteiger charge is -2.22. The molecule has 1 aliphatic rings. The van der Waals surface area contributed by atoms with Gasteiger partial charge in [0.05, 0.1) is 24.4 Å². The molecule has 0 N–H and O–H groups in total. The molecule has 0 aromatic heterocycles. The van der Waals surface area contributed by atoms with Crippen molar-refractivity contribution in [2.75, 3.05) is 13.7 Å². The minimum Gasteiger partial charge on any atom is -0.497 e. The van der Waals surface area contributed by atoms with E-state index in [4.69, 9.17) is 9.47 Å². The van der Waals surface area contributed by atoms with Crippen molar-refractivity contribution in [3.05, 3.63) is 101 Å². The van der Waals surface area contributed by atoms with Gasteiger partial charge in [-0.05, 0) is 47.5 Å². The first-order valence-electron chi connectivity index (χ1n) is 10.1. The fraction of sp³-hybridized carbons (Fsp3) is 0.160. The van der Waals surface area contributed by atoms with E-state index >= 15 is 0 Å². The van der Waals surface area contributed by atoms with E-state index in [0.29, 0.717) is 12.2 Å². The number of halogens is 1.